The Morgan fingerprint density at radius 1 is 1.39 bits per heavy atom. The van der Waals surface area contributed by atoms with Crippen LogP contribution in [-0.2, 0) is 11.3 Å². The molecule has 1 unspecified atom stereocenters. The van der Waals surface area contributed by atoms with E-state index in [2.05, 4.69) is 17.4 Å². The van der Waals surface area contributed by atoms with Gasteiger partial charge in [-0.25, -0.2) is 0 Å². The van der Waals surface area contributed by atoms with E-state index in [1.165, 1.54) is 5.56 Å². The van der Waals surface area contributed by atoms with E-state index < -0.39 is 0 Å². The fraction of sp³-hybridized carbons (Fsp3) is 0.500. The number of benzene rings is 1. The largest absolute Gasteiger partial charge is 0.341 e. The minimum Gasteiger partial charge on any atom is -0.341 e. The summed E-state index contributed by atoms with van der Waals surface area (Å²) >= 11 is 0. The number of carbonyl (C=O) groups is 1. The molecule has 4 heteroatoms. The predicted molar refractivity (Wildman–Crippen MR) is 75.7 cm³/mol. The van der Waals surface area contributed by atoms with Crippen LogP contribution in [0.1, 0.15) is 12.5 Å². The lowest BCUT2D eigenvalue weighted by atomic mass is 9.88. The summed E-state index contributed by atoms with van der Waals surface area (Å²) < 4.78 is 0. The Kier molecular flexibility index (Phi) is 5.63. The average Bonchev–Trinajstić information content (AvgIpc) is 2.27. The van der Waals surface area contributed by atoms with E-state index in [-0.39, 0.29) is 24.2 Å². The van der Waals surface area contributed by atoms with Gasteiger partial charge in [0.15, 0.2) is 0 Å². The Bertz CT molecular complexity index is 379. The van der Waals surface area contributed by atoms with Crippen molar-refractivity contribution < 1.29 is 4.79 Å². The van der Waals surface area contributed by atoms with Gasteiger partial charge in [-0.05, 0) is 24.6 Å². The lowest BCUT2D eigenvalue weighted by molar-refractivity contribution is -0.136. The molecular formula is C14H21ClN2O. The zero-order valence-electron chi connectivity index (χ0n) is 10.9. The highest BCUT2D eigenvalue weighted by Crippen LogP contribution is 2.18. The van der Waals surface area contributed by atoms with Crippen LogP contribution in [0.3, 0.4) is 0 Å². The van der Waals surface area contributed by atoms with Gasteiger partial charge in [0.2, 0.25) is 5.91 Å². The molecule has 1 aromatic rings. The van der Waals surface area contributed by atoms with Crippen molar-refractivity contribution in [1.29, 1.82) is 0 Å². The molecule has 0 spiro atoms. The van der Waals surface area contributed by atoms with Gasteiger partial charge >= 0.3 is 0 Å². The maximum Gasteiger partial charge on any atom is 0.225 e. The molecule has 100 valence electrons. The minimum absolute atomic E-state index is 0. The van der Waals surface area contributed by atoms with Crippen molar-refractivity contribution in [2.24, 2.45) is 11.8 Å². The van der Waals surface area contributed by atoms with Crippen molar-refractivity contribution in [2.75, 3.05) is 20.1 Å². The van der Waals surface area contributed by atoms with E-state index in [9.17, 15) is 4.79 Å². The summed E-state index contributed by atoms with van der Waals surface area (Å²) in [4.78, 5) is 14.0. The minimum atomic E-state index is 0. The van der Waals surface area contributed by atoms with Crippen LogP contribution in [0.5, 0.6) is 0 Å². The zero-order valence-corrected chi connectivity index (χ0v) is 11.7. The number of nitrogens with one attached hydrogen (secondary N) is 1. The highest BCUT2D eigenvalue weighted by atomic mass is 35.5. The molecule has 1 N–H and O–H groups in total. The Morgan fingerprint density at radius 2 is 2.00 bits per heavy atom. The van der Waals surface area contributed by atoms with E-state index in [0.717, 1.165) is 13.1 Å². The fourth-order valence-electron chi connectivity index (χ4n) is 2.15. The fourth-order valence-corrected chi connectivity index (χ4v) is 2.15. The van der Waals surface area contributed by atoms with Gasteiger partial charge in [0.05, 0.1) is 0 Å². The average molecular weight is 269 g/mol. The third kappa shape index (κ3) is 3.47. The first-order valence-electron chi connectivity index (χ1n) is 6.18. The monoisotopic (exact) mass is 268 g/mol. The maximum absolute atomic E-state index is 12.2. The Hall–Kier alpha value is -1.06. The van der Waals surface area contributed by atoms with Crippen LogP contribution in [0.25, 0.3) is 0 Å². The van der Waals surface area contributed by atoms with Gasteiger partial charge in [0.25, 0.3) is 0 Å². The molecule has 0 aromatic heterocycles. The number of nitrogens with zero attached hydrogens (tertiary/aromatic N) is 1. The molecule has 1 aliphatic heterocycles. The zero-order chi connectivity index (χ0) is 12.3. The van der Waals surface area contributed by atoms with Crippen LogP contribution in [0.2, 0.25) is 0 Å². The summed E-state index contributed by atoms with van der Waals surface area (Å²) in [6.07, 6.45) is 0. The molecule has 0 aliphatic carbocycles. The van der Waals surface area contributed by atoms with E-state index in [4.69, 9.17) is 0 Å². The first kappa shape index (κ1) is 15.0. The molecule has 1 aromatic carbocycles. The van der Waals surface area contributed by atoms with Crippen molar-refractivity contribution in [3.63, 3.8) is 0 Å². The van der Waals surface area contributed by atoms with Crippen LogP contribution in [0.4, 0.5) is 0 Å². The van der Waals surface area contributed by atoms with Gasteiger partial charge < -0.3 is 10.2 Å². The van der Waals surface area contributed by atoms with Gasteiger partial charge in [0, 0.05) is 19.5 Å². The molecule has 1 fully saturated rings. The van der Waals surface area contributed by atoms with E-state index >= 15 is 0 Å². The number of hydrogen-bond donors (Lipinski definition) is 1. The Balaban J connectivity index is 0.00000162. The molecule has 1 heterocycles. The second-order valence-electron chi connectivity index (χ2n) is 4.89. The molecule has 1 saturated heterocycles. The number of halogens is 1. The van der Waals surface area contributed by atoms with Gasteiger partial charge in [-0.1, -0.05) is 37.3 Å². The summed E-state index contributed by atoms with van der Waals surface area (Å²) in [5.41, 5.74) is 1.18. The van der Waals surface area contributed by atoms with Crippen molar-refractivity contribution >= 4 is 18.3 Å². The summed E-state index contributed by atoms with van der Waals surface area (Å²) in [6, 6.07) is 10.1. The van der Waals surface area contributed by atoms with Gasteiger partial charge in [-0.2, -0.15) is 0 Å². The molecule has 1 aliphatic rings. The van der Waals surface area contributed by atoms with Crippen molar-refractivity contribution in [3.05, 3.63) is 35.9 Å². The summed E-state index contributed by atoms with van der Waals surface area (Å²) in [5.74, 6) is 0.894. The molecule has 1 atom stereocenters. The smallest absolute Gasteiger partial charge is 0.225 e. The number of amides is 1. The SMILES string of the molecule is CC(C(=O)N(C)Cc1ccccc1)C1CNC1.Cl. The lowest BCUT2D eigenvalue weighted by Gasteiger charge is -2.34. The third-order valence-corrected chi connectivity index (χ3v) is 3.55. The Morgan fingerprint density at radius 3 is 2.50 bits per heavy atom. The third-order valence-electron chi connectivity index (χ3n) is 3.55. The topological polar surface area (TPSA) is 32.3 Å². The van der Waals surface area contributed by atoms with Crippen molar-refractivity contribution in [3.8, 4) is 0 Å². The van der Waals surface area contributed by atoms with Crippen LogP contribution < -0.4 is 5.32 Å². The van der Waals surface area contributed by atoms with E-state index in [0.29, 0.717) is 12.5 Å². The second kappa shape index (κ2) is 6.76. The van der Waals surface area contributed by atoms with Gasteiger partial charge in [-0.3, -0.25) is 4.79 Å². The maximum atomic E-state index is 12.2. The Labute approximate surface area is 115 Å². The molecule has 1 amide bonds. The van der Waals surface area contributed by atoms with E-state index in [1.807, 2.05) is 37.1 Å². The van der Waals surface area contributed by atoms with Crippen LogP contribution >= 0.6 is 12.4 Å². The second-order valence-corrected chi connectivity index (χ2v) is 4.89. The normalized spacial score (nSPS) is 16.3. The molecule has 0 saturated carbocycles. The van der Waals surface area contributed by atoms with Gasteiger partial charge in [0.1, 0.15) is 0 Å². The highest BCUT2D eigenvalue weighted by Gasteiger charge is 2.30. The summed E-state index contributed by atoms with van der Waals surface area (Å²) in [7, 11) is 1.89. The van der Waals surface area contributed by atoms with Crippen LogP contribution in [0.15, 0.2) is 30.3 Å². The molecule has 3 nitrogen and oxygen atoms in total. The summed E-state index contributed by atoms with van der Waals surface area (Å²) in [6.45, 7) is 4.69. The molecular weight excluding hydrogens is 248 g/mol. The number of hydrogen-bond acceptors (Lipinski definition) is 2. The van der Waals surface area contributed by atoms with Crippen molar-refractivity contribution in [2.45, 2.75) is 13.5 Å². The highest BCUT2D eigenvalue weighted by molar-refractivity contribution is 5.85. The molecule has 0 radical (unpaired) electrons. The first-order valence-corrected chi connectivity index (χ1v) is 6.18. The number of carbonyl (C=O) groups excluding carboxylic acids is 1. The van der Waals surface area contributed by atoms with Crippen LogP contribution in [-0.4, -0.2) is 30.9 Å². The first-order chi connectivity index (χ1) is 8.18. The molecule has 18 heavy (non-hydrogen) atoms. The number of rotatable bonds is 4. The standard InChI is InChI=1S/C14H20N2O.ClH/c1-11(13-8-15-9-13)14(17)16(2)10-12-6-4-3-5-7-12;/h3-7,11,13,15H,8-10H2,1-2H3;1H. The van der Waals surface area contributed by atoms with E-state index in [1.54, 1.807) is 0 Å². The molecule has 2 rings (SSSR count). The van der Waals surface area contributed by atoms with Gasteiger partial charge in [-0.15, -0.1) is 12.4 Å². The van der Waals surface area contributed by atoms with Crippen molar-refractivity contribution in [1.82, 2.24) is 10.2 Å². The summed E-state index contributed by atoms with van der Waals surface area (Å²) in [5, 5.41) is 3.21. The predicted octanol–water partition coefficient (Wildman–Crippen LogP) is 1.92. The van der Waals surface area contributed by atoms with Crippen LogP contribution in [0, 0.1) is 11.8 Å². The lowest BCUT2D eigenvalue weighted by Crippen LogP contribution is -2.49. The quantitative estimate of drug-likeness (QED) is 0.905. The molecule has 0 bridgehead atoms.